The molecule has 1 fully saturated rings. The highest BCUT2D eigenvalue weighted by Gasteiger charge is 2.22. The van der Waals surface area contributed by atoms with Crippen molar-refractivity contribution in [3.05, 3.63) is 28.4 Å². The average molecular weight is 221 g/mol. The van der Waals surface area contributed by atoms with Gasteiger partial charge in [-0.3, -0.25) is 4.57 Å². The SMILES string of the molecule is Cc1cnc(=O)n(CC(N)C2CCCC2)c1. The minimum absolute atomic E-state index is 0.0869. The van der Waals surface area contributed by atoms with Gasteiger partial charge in [-0.25, -0.2) is 9.78 Å². The summed E-state index contributed by atoms with van der Waals surface area (Å²) in [6, 6.07) is 0.0869. The molecule has 0 spiro atoms. The minimum atomic E-state index is -0.195. The Labute approximate surface area is 95.5 Å². The fourth-order valence-electron chi connectivity index (χ4n) is 2.46. The van der Waals surface area contributed by atoms with Gasteiger partial charge in [-0.05, 0) is 31.2 Å². The molecule has 16 heavy (non-hydrogen) atoms. The van der Waals surface area contributed by atoms with Crippen LogP contribution < -0.4 is 11.4 Å². The quantitative estimate of drug-likeness (QED) is 0.830. The summed E-state index contributed by atoms with van der Waals surface area (Å²) in [6.45, 7) is 2.53. The predicted molar refractivity (Wildman–Crippen MR) is 63.2 cm³/mol. The molecule has 1 saturated carbocycles. The van der Waals surface area contributed by atoms with E-state index in [-0.39, 0.29) is 11.7 Å². The van der Waals surface area contributed by atoms with Crippen molar-refractivity contribution in [3.8, 4) is 0 Å². The van der Waals surface area contributed by atoms with Crippen molar-refractivity contribution in [2.45, 2.75) is 45.2 Å². The Bertz CT molecular complexity index is 407. The lowest BCUT2D eigenvalue weighted by atomic mass is 9.99. The second kappa shape index (κ2) is 4.78. The monoisotopic (exact) mass is 221 g/mol. The maximum atomic E-state index is 11.5. The Balaban J connectivity index is 2.07. The summed E-state index contributed by atoms with van der Waals surface area (Å²) in [5, 5.41) is 0. The summed E-state index contributed by atoms with van der Waals surface area (Å²) < 4.78 is 1.64. The van der Waals surface area contributed by atoms with E-state index in [0.29, 0.717) is 12.5 Å². The van der Waals surface area contributed by atoms with Gasteiger partial charge in [-0.2, -0.15) is 0 Å². The third kappa shape index (κ3) is 2.50. The summed E-state index contributed by atoms with van der Waals surface area (Å²) in [4.78, 5) is 15.3. The second-order valence-corrected chi connectivity index (χ2v) is 4.77. The molecule has 0 aliphatic heterocycles. The summed E-state index contributed by atoms with van der Waals surface area (Å²) in [5.74, 6) is 0.576. The molecule has 88 valence electrons. The van der Waals surface area contributed by atoms with Gasteiger partial charge in [-0.15, -0.1) is 0 Å². The molecule has 1 aromatic heterocycles. The zero-order chi connectivity index (χ0) is 11.5. The first kappa shape index (κ1) is 11.3. The van der Waals surface area contributed by atoms with Crippen LogP contribution in [0.5, 0.6) is 0 Å². The molecule has 4 nitrogen and oxygen atoms in total. The zero-order valence-electron chi connectivity index (χ0n) is 9.72. The highest BCUT2D eigenvalue weighted by Crippen LogP contribution is 2.27. The van der Waals surface area contributed by atoms with Gasteiger partial charge in [0.15, 0.2) is 0 Å². The van der Waals surface area contributed by atoms with Crippen molar-refractivity contribution in [2.75, 3.05) is 0 Å². The maximum absolute atomic E-state index is 11.5. The Morgan fingerprint density at radius 3 is 2.94 bits per heavy atom. The molecule has 1 aliphatic rings. The molecule has 1 aromatic rings. The molecular weight excluding hydrogens is 202 g/mol. The third-order valence-electron chi connectivity index (χ3n) is 3.40. The van der Waals surface area contributed by atoms with Crippen LogP contribution in [0.15, 0.2) is 17.2 Å². The molecule has 1 heterocycles. The first-order valence-corrected chi connectivity index (χ1v) is 5.95. The van der Waals surface area contributed by atoms with Crippen molar-refractivity contribution in [2.24, 2.45) is 11.7 Å². The van der Waals surface area contributed by atoms with E-state index < -0.39 is 0 Å². The van der Waals surface area contributed by atoms with E-state index in [1.165, 1.54) is 25.7 Å². The summed E-state index contributed by atoms with van der Waals surface area (Å²) in [5.41, 5.74) is 6.95. The normalized spacial score (nSPS) is 18.9. The smallest absolute Gasteiger partial charge is 0.326 e. The van der Waals surface area contributed by atoms with Crippen LogP contribution >= 0.6 is 0 Å². The first-order valence-electron chi connectivity index (χ1n) is 5.95. The van der Waals surface area contributed by atoms with Crippen molar-refractivity contribution in [1.29, 1.82) is 0 Å². The number of hydrogen-bond donors (Lipinski definition) is 1. The Kier molecular flexibility index (Phi) is 3.39. The van der Waals surface area contributed by atoms with Crippen molar-refractivity contribution in [1.82, 2.24) is 9.55 Å². The van der Waals surface area contributed by atoms with Crippen molar-refractivity contribution < 1.29 is 0 Å². The number of hydrogen-bond acceptors (Lipinski definition) is 3. The van der Waals surface area contributed by atoms with Crippen LogP contribution in [0.25, 0.3) is 0 Å². The van der Waals surface area contributed by atoms with Gasteiger partial charge in [0.2, 0.25) is 0 Å². The molecule has 1 atom stereocenters. The van der Waals surface area contributed by atoms with Gasteiger partial charge in [0.05, 0.1) is 0 Å². The van der Waals surface area contributed by atoms with Gasteiger partial charge in [0, 0.05) is 25.0 Å². The van der Waals surface area contributed by atoms with Crippen molar-refractivity contribution >= 4 is 0 Å². The average Bonchev–Trinajstić information content (AvgIpc) is 2.76. The van der Waals surface area contributed by atoms with Gasteiger partial charge in [0.1, 0.15) is 0 Å². The highest BCUT2D eigenvalue weighted by molar-refractivity contribution is 5.00. The number of rotatable bonds is 3. The number of nitrogens with zero attached hydrogens (tertiary/aromatic N) is 2. The van der Waals surface area contributed by atoms with Gasteiger partial charge in [0.25, 0.3) is 0 Å². The molecule has 0 bridgehead atoms. The van der Waals surface area contributed by atoms with Crippen LogP contribution in [-0.2, 0) is 6.54 Å². The van der Waals surface area contributed by atoms with Crippen LogP contribution in [0.1, 0.15) is 31.2 Å². The van der Waals surface area contributed by atoms with E-state index in [1.54, 1.807) is 10.8 Å². The topological polar surface area (TPSA) is 60.9 Å². The molecule has 0 aromatic carbocycles. The van der Waals surface area contributed by atoms with Gasteiger partial charge < -0.3 is 5.73 Å². The number of nitrogens with two attached hydrogens (primary N) is 1. The highest BCUT2D eigenvalue weighted by atomic mass is 16.1. The van der Waals surface area contributed by atoms with E-state index in [1.807, 2.05) is 13.1 Å². The lowest BCUT2D eigenvalue weighted by molar-refractivity contribution is 0.381. The molecule has 2 N–H and O–H groups in total. The van der Waals surface area contributed by atoms with Crippen LogP contribution in [0.3, 0.4) is 0 Å². The van der Waals surface area contributed by atoms with Crippen LogP contribution in [-0.4, -0.2) is 15.6 Å². The van der Waals surface area contributed by atoms with Gasteiger partial charge in [-0.1, -0.05) is 12.8 Å². The standard InChI is InChI=1S/C12H19N3O/c1-9-6-14-12(16)15(7-9)8-11(13)10-4-2-3-5-10/h6-7,10-11H,2-5,8,13H2,1H3. The van der Waals surface area contributed by atoms with Crippen LogP contribution in [0.2, 0.25) is 0 Å². The fraction of sp³-hybridized carbons (Fsp3) is 0.667. The molecule has 0 radical (unpaired) electrons. The molecule has 4 heteroatoms. The molecule has 1 unspecified atom stereocenters. The van der Waals surface area contributed by atoms with Gasteiger partial charge >= 0.3 is 5.69 Å². The second-order valence-electron chi connectivity index (χ2n) is 4.77. The summed E-state index contributed by atoms with van der Waals surface area (Å²) >= 11 is 0. The van der Waals surface area contributed by atoms with Crippen LogP contribution in [0.4, 0.5) is 0 Å². The predicted octanol–water partition coefficient (Wildman–Crippen LogP) is 1.07. The molecule has 2 rings (SSSR count). The van der Waals surface area contributed by atoms with E-state index in [9.17, 15) is 4.79 Å². The molecule has 1 aliphatic carbocycles. The minimum Gasteiger partial charge on any atom is -0.326 e. The lowest BCUT2D eigenvalue weighted by Gasteiger charge is -2.19. The summed E-state index contributed by atoms with van der Waals surface area (Å²) in [7, 11) is 0. The zero-order valence-corrected chi connectivity index (χ0v) is 9.72. The van der Waals surface area contributed by atoms with Crippen molar-refractivity contribution in [3.63, 3.8) is 0 Å². The third-order valence-corrected chi connectivity index (χ3v) is 3.40. The largest absolute Gasteiger partial charge is 0.347 e. The molecule has 0 saturated heterocycles. The molecular formula is C12H19N3O. The van der Waals surface area contributed by atoms with Crippen LogP contribution in [0, 0.1) is 12.8 Å². The summed E-state index contributed by atoms with van der Waals surface area (Å²) in [6.07, 6.45) is 8.40. The van der Waals surface area contributed by atoms with E-state index in [4.69, 9.17) is 5.73 Å². The fourth-order valence-corrected chi connectivity index (χ4v) is 2.46. The van der Waals surface area contributed by atoms with E-state index in [2.05, 4.69) is 4.98 Å². The maximum Gasteiger partial charge on any atom is 0.347 e. The molecule has 0 amide bonds. The lowest BCUT2D eigenvalue weighted by Crippen LogP contribution is -2.37. The first-order chi connectivity index (χ1) is 7.66. The number of aryl methyl sites for hydroxylation is 1. The van der Waals surface area contributed by atoms with E-state index in [0.717, 1.165) is 5.56 Å². The Morgan fingerprint density at radius 2 is 2.25 bits per heavy atom. The number of aromatic nitrogens is 2. The van der Waals surface area contributed by atoms with E-state index >= 15 is 0 Å². The Hall–Kier alpha value is -1.16. The Morgan fingerprint density at radius 1 is 1.56 bits per heavy atom.